The number of aromatic nitrogens is 1. The van der Waals surface area contributed by atoms with Crippen LogP contribution in [-0.4, -0.2) is 22.7 Å². The third-order valence-corrected chi connectivity index (χ3v) is 3.10. The van der Waals surface area contributed by atoms with Gasteiger partial charge in [-0.1, -0.05) is 24.3 Å². The Morgan fingerprint density at radius 1 is 1.43 bits per heavy atom. The second kappa shape index (κ2) is 6.04. The molecule has 0 aliphatic carbocycles. The fourth-order valence-electron chi connectivity index (χ4n) is 2.19. The topological polar surface area (TPSA) is 54.1 Å². The molecule has 21 heavy (non-hydrogen) atoms. The Bertz CT molecular complexity index is 638. The molecule has 112 valence electrons. The van der Waals surface area contributed by atoms with Crippen molar-refractivity contribution in [1.82, 2.24) is 10.3 Å². The lowest BCUT2D eigenvalue weighted by Crippen LogP contribution is -2.39. The van der Waals surface area contributed by atoms with E-state index in [1.807, 2.05) is 45.2 Å². The van der Waals surface area contributed by atoms with E-state index in [4.69, 9.17) is 4.74 Å². The summed E-state index contributed by atoms with van der Waals surface area (Å²) in [5.41, 5.74) is 1.73. The van der Waals surface area contributed by atoms with Crippen LogP contribution in [0.1, 0.15) is 26.3 Å². The number of benzene rings is 1. The SMILES string of the molecule is C=C[C@H](Cc1c[nH]c2ccccc12)NC(=O)OC(C)(C)C. The average molecular weight is 286 g/mol. The van der Waals surface area contributed by atoms with Gasteiger partial charge >= 0.3 is 6.09 Å². The van der Waals surface area contributed by atoms with Crippen LogP contribution < -0.4 is 5.32 Å². The molecule has 2 aromatic rings. The fourth-order valence-corrected chi connectivity index (χ4v) is 2.19. The summed E-state index contributed by atoms with van der Waals surface area (Å²) in [6, 6.07) is 7.92. The molecule has 0 aliphatic heterocycles. The minimum absolute atomic E-state index is 0.168. The van der Waals surface area contributed by atoms with Gasteiger partial charge in [0.05, 0.1) is 6.04 Å². The zero-order valence-corrected chi connectivity index (χ0v) is 12.8. The van der Waals surface area contributed by atoms with Crippen LogP contribution in [0.2, 0.25) is 0 Å². The lowest BCUT2D eigenvalue weighted by atomic mass is 10.1. The number of para-hydroxylation sites is 1. The second-order valence-corrected chi connectivity index (χ2v) is 6.05. The number of alkyl carbamates (subject to hydrolysis) is 1. The van der Waals surface area contributed by atoms with E-state index in [1.54, 1.807) is 6.08 Å². The number of amides is 1. The van der Waals surface area contributed by atoms with Gasteiger partial charge in [0.2, 0.25) is 0 Å². The van der Waals surface area contributed by atoms with Gasteiger partial charge in [0.1, 0.15) is 5.60 Å². The first-order valence-corrected chi connectivity index (χ1v) is 7.06. The van der Waals surface area contributed by atoms with Crippen LogP contribution in [-0.2, 0) is 11.2 Å². The van der Waals surface area contributed by atoms with E-state index in [2.05, 4.69) is 22.9 Å². The quantitative estimate of drug-likeness (QED) is 0.840. The van der Waals surface area contributed by atoms with Crippen LogP contribution in [0.5, 0.6) is 0 Å². The molecule has 1 amide bonds. The Labute approximate surface area is 125 Å². The number of ether oxygens (including phenoxy) is 1. The summed E-state index contributed by atoms with van der Waals surface area (Å²) < 4.78 is 5.27. The average Bonchev–Trinajstić information content (AvgIpc) is 2.79. The summed E-state index contributed by atoms with van der Waals surface area (Å²) in [7, 11) is 0. The van der Waals surface area contributed by atoms with Crippen LogP contribution in [0.25, 0.3) is 10.9 Å². The van der Waals surface area contributed by atoms with Gasteiger partial charge in [0.15, 0.2) is 0 Å². The van der Waals surface area contributed by atoms with Gasteiger partial charge in [-0.3, -0.25) is 0 Å². The van der Waals surface area contributed by atoms with Crippen molar-refractivity contribution in [2.45, 2.75) is 38.8 Å². The summed E-state index contributed by atoms with van der Waals surface area (Å²) in [4.78, 5) is 15.1. The summed E-state index contributed by atoms with van der Waals surface area (Å²) in [5.74, 6) is 0. The lowest BCUT2D eigenvalue weighted by Gasteiger charge is -2.22. The van der Waals surface area contributed by atoms with Crippen molar-refractivity contribution in [1.29, 1.82) is 0 Å². The number of fused-ring (bicyclic) bond motifs is 1. The van der Waals surface area contributed by atoms with Gasteiger partial charge < -0.3 is 15.0 Å². The van der Waals surface area contributed by atoms with E-state index in [0.29, 0.717) is 6.42 Å². The van der Waals surface area contributed by atoms with Gasteiger partial charge in [0, 0.05) is 17.1 Å². The zero-order valence-electron chi connectivity index (χ0n) is 12.8. The smallest absolute Gasteiger partial charge is 0.408 e. The summed E-state index contributed by atoms with van der Waals surface area (Å²) in [5, 5.41) is 4.00. The molecule has 2 rings (SSSR count). The maximum absolute atomic E-state index is 11.8. The molecule has 0 radical (unpaired) electrons. The molecular weight excluding hydrogens is 264 g/mol. The molecule has 0 spiro atoms. The van der Waals surface area contributed by atoms with Crippen molar-refractivity contribution >= 4 is 17.0 Å². The number of hydrogen-bond acceptors (Lipinski definition) is 2. The molecule has 1 aromatic heterocycles. The van der Waals surface area contributed by atoms with Crippen LogP contribution in [0.15, 0.2) is 43.1 Å². The third-order valence-electron chi connectivity index (χ3n) is 3.10. The van der Waals surface area contributed by atoms with Crippen LogP contribution in [0.4, 0.5) is 4.79 Å². The van der Waals surface area contributed by atoms with Gasteiger partial charge in [-0.15, -0.1) is 6.58 Å². The molecule has 0 fully saturated rings. The molecule has 0 bridgehead atoms. The number of nitrogens with one attached hydrogen (secondary N) is 2. The summed E-state index contributed by atoms with van der Waals surface area (Å²) >= 11 is 0. The molecule has 2 N–H and O–H groups in total. The van der Waals surface area contributed by atoms with Gasteiger partial charge in [0.25, 0.3) is 0 Å². The molecule has 0 unspecified atom stereocenters. The highest BCUT2D eigenvalue weighted by Crippen LogP contribution is 2.19. The van der Waals surface area contributed by atoms with Crippen LogP contribution >= 0.6 is 0 Å². The minimum Gasteiger partial charge on any atom is -0.444 e. The van der Waals surface area contributed by atoms with Gasteiger partial charge in [-0.05, 0) is 38.8 Å². The normalized spacial score (nSPS) is 12.9. The first kappa shape index (κ1) is 15.2. The monoisotopic (exact) mass is 286 g/mol. The Kier molecular flexibility index (Phi) is 4.36. The van der Waals surface area contributed by atoms with E-state index >= 15 is 0 Å². The highest BCUT2D eigenvalue weighted by Gasteiger charge is 2.19. The second-order valence-electron chi connectivity index (χ2n) is 6.05. The standard InChI is InChI=1S/C17H22N2O2/c1-5-13(19-16(20)21-17(2,3)4)10-12-11-18-15-9-7-6-8-14(12)15/h5-9,11,13,18H,1,10H2,2-4H3,(H,19,20)/t13-/m1/s1. The largest absolute Gasteiger partial charge is 0.444 e. The van der Waals surface area contributed by atoms with Crippen LogP contribution in [0.3, 0.4) is 0 Å². The molecule has 1 heterocycles. The molecule has 0 aliphatic rings. The van der Waals surface area contributed by atoms with E-state index < -0.39 is 11.7 Å². The Morgan fingerprint density at radius 3 is 2.81 bits per heavy atom. The highest BCUT2D eigenvalue weighted by atomic mass is 16.6. The number of hydrogen-bond donors (Lipinski definition) is 2. The van der Waals surface area contributed by atoms with Crippen molar-refractivity contribution < 1.29 is 9.53 Å². The number of rotatable bonds is 4. The maximum atomic E-state index is 11.8. The Morgan fingerprint density at radius 2 is 2.14 bits per heavy atom. The van der Waals surface area contributed by atoms with E-state index in [1.165, 1.54) is 0 Å². The fraction of sp³-hybridized carbons (Fsp3) is 0.353. The molecule has 0 saturated carbocycles. The highest BCUT2D eigenvalue weighted by molar-refractivity contribution is 5.83. The Balaban J connectivity index is 2.06. The predicted molar refractivity (Wildman–Crippen MR) is 85.4 cm³/mol. The lowest BCUT2D eigenvalue weighted by molar-refractivity contribution is 0.0514. The first-order valence-electron chi connectivity index (χ1n) is 7.06. The van der Waals surface area contributed by atoms with Crippen molar-refractivity contribution in [2.75, 3.05) is 0 Å². The van der Waals surface area contributed by atoms with E-state index in [0.717, 1.165) is 16.5 Å². The van der Waals surface area contributed by atoms with Gasteiger partial charge in [-0.25, -0.2) is 4.79 Å². The van der Waals surface area contributed by atoms with E-state index in [-0.39, 0.29) is 6.04 Å². The van der Waals surface area contributed by atoms with E-state index in [9.17, 15) is 4.79 Å². The van der Waals surface area contributed by atoms with Crippen molar-refractivity contribution in [2.24, 2.45) is 0 Å². The van der Waals surface area contributed by atoms with Crippen molar-refractivity contribution in [3.05, 3.63) is 48.7 Å². The predicted octanol–water partition coefficient (Wildman–Crippen LogP) is 3.79. The molecule has 0 saturated heterocycles. The molecule has 1 atom stereocenters. The molecule has 1 aromatic carbocycles. The Hall–Kier alpha value is -2.23. The number of aromatic amines is 1. The molecule has 4 heteroatoms. The first-order chi connectivity index (χ1) is 9.89. The summed E-state index contributed by atoms with van der Waals surface area (Å²) in [6.07, 6.45) is 3.95. The number of H-pyrrole nitrogens is 1. The number of carbonyl (C=O) groups excluding carboxylic acids is 1. The van der Waals surface area contributed by atoms with Crippen molar-refractivity contribution in [3.63, 3.8) is 0 Å². The van der Waals surface area contributed by atoms with Crippen molar-refractivity contribution in [3.8, 4) is 0 Å². The van der Waals surface area contributed by atoms with Crippen LogP contribution in [0, 0.1) is 0 Å². The molecular formula is C17H22N2O2. The van der Waals surface area contributed by atoms with Gasteiger partial charge in [-0.2, -0.15) is 0 Å². The maximum Gasteiger partial charge on any atom is 0.408 e. The molecule has 4 nitrogen and oxygen atoms in total. The third kappa shape index (κ3) is 4.12. The zero-order chi connectivity index (χ0) is 15.5. The number of carbonyl (C=O) groups is 1. The minimum atomic E-state index is -0.503. The summed E-state index contributed by atoms with van der Waals surface area (Å²) in [6.45, 7) is 9.32.